The number of hydrogen-bond acceptors (Lipinski definition) is 5. The lowest BCUT2D eigenvalue weighted by Gasteiger charge is -2.30. The van der Waals surface area contributed by atoms with Crippen molar-refractivity contribution < 1.29 is 4.74 Å². The topological polar surface area (TPSA) is 64.0 Å². The highest BCUT2D eigenvalue weighted by molar-refractivity contribution is 5.76. The Bertz CT molecular complexity index is 1000. The predicted octanol–water partition coefficient (Wildman–Crippen LogP) is 3.52. The van der Waals surface area contributed by atoms with Crippen molar-refractivity contribution in [1.82, 2.24) is 20.1 Å². The van der Waals surface area contributed by atoms with Crippen molar-refractivity contribution in [3.8, 4) is 22.6 Å². The van der Waals surface area contributed by atoms with Gasteiger partial charge in [-0.1, -0.05) is 0 Å². The van der Waals surface area contributed by atoms with Crippen LogP contribution < -0.4 is 15.4 Å². The average molecular weight is 373 g/mol. The standard InChI is InChI=1S/C22H23N5O/c1-8-23-27(9-1)17-4-5-19-18-6-7-22(26-20(18)13-28-21(19)12-17)25-16-10-14-2-3-15(11-16)24-14/h1,4-9,12,14-16,24H,2-3,10-11,13H2,(H,25,26)/t14-,15+,16+. The third-order valence-corrected chi connectivity index (χ3v) is 6.19. The summed E-state index contributed by atoms with van der Waals surface area (Å²) in [6.07, 6.45) is 8.71. The summed E-state index contributed by atoms with van der Waals surface area (Å²) in [5.41, 5.74) is 4.25. The molecule has 6 nitrogen and oxygen atoms in total. The number of anilines is 1. The number of nitrogens with one attached hydrogen (secondary N) is 2. The van der Waals surface area contributed by atoms with E-state index in [1.807, 2.05) is 23.0 Å². The molecule has 28 heavy (non-hydrogen) atoms. The number of rotatable bonds is 3. The molecule has 5 heterocycles. The van der Waals surface area contributed by atoms with Crippen molar-refractivity contribution in [2.45, 2.75) is 50.4 Å². The normalized spacial score (nSPS) is 24.9. The molecule has 0 unspecified atom stereocenters. The fourth-order valence-electron chi connectivity index (χ4n) is 4.88. The first-order valence-electron chi connectivity index (χ1n) is 10.1. The van der Waals surface area contributed by atoms with Gasteiger partial charge in [0.15, 0.2) is 0 Å². The van der Waals surface area contributed by atoms with Gasteiger partial charge in [-0.2, -0.15) is 5.10 Å². The smallest absolute Gasteiger partial charge is 0.131 e. The lowest BCUT2D eigenvalue weighted by molar-refractivity contribution is 0.297. The molecular weight excluding hydrogens is 350 g/mol. The Labute approximate surface area is 163 Å². The monoisotopic (exact) mass is 373 g/mol. The van der Waals surface area contributed by atoms with Gasteiger partial charge in [-0.05, 0) is 56.0 Å². The van der Waals surface area contributed by atoms with Crippen LogP contribution in [0.25, 0.3) is 16.8 Å². The SMILES string of the molecule is c1cnn(-c2ccc3c(c2)OCc2nc(N[C@H]4C[C@H]5CC[C@@H](C4)N5)ccc2-3)c1. The number of pyridine rings is 1. The number of fused-ring (bicyclic) bond motifs is 5. The minimum atomic E-state index is 0.498. The van der Waals surface area contributed by atoms with Crippen molar-refractivity contribution >= 4 is 5.82 Å². The fourth-order valence-corrected chi connectivity index (χ4v) is 4.88. The molecule has 6 heteroatoms. The fraction of sp³-hybridized carbons (Fsp3) is 0.364. The third-order valence-electron chi connectivity index (χ3n) is 6.19. The van der Waals surface area contributed by atoms with Gasteiger partial charge in [0.1, 0.15) is 18.2 Å². The maximum Gasteiger partial charge on any atom is 0.131 e. The van der Waals surface area contributed by atoms with Gasteiger partial charge in [-0.15, -0.1) is 0 Å². The summed E-state index contributed by atoms with van der Waals surface area (Å²) in [4.78, 5) is 4.87. The molecule has 0 radical (unpaired) electrons. The minimum Gasteiger partial charge on any atom is -0.487 e. The highest BCUT2D eigenvalue weighted by atomic mass is 16.5. The van der Waals surface area contributed by atoms with Crippen LogP contribution in [0.4, 0.5) is 5.82 Å². The molecule has 0 spiro atoms. The van der Waals surface area contributed by atoms with Crippen molar-refractivity contribution in [2.75, 3.05) is 5.32 Å². The van der Waals surface area contributed by atoms with E-state index in [2.05, 4.69) is 40.0 Å². The van der Waals surface area contributed by atoms with Gasteiger partial charge < -0.3 is 15.4 Å². The summed E-state index contributed by atoms with van der Waals surface area (Å²) < 4.78 is 7.88. The number of aromatic nitrogens is 3. The Morgan fingerprint density at radius 3 is 2.75 bits per heavy atom. The van der Waals surface area contributed by atoms with Crippen LogP contribution >= 0.6 is 0 Å². The van der Waals surface area contributed by atoms with E-state index >= 15 is 0 Å². The number of ether oxygens (including phenoxy) is 1. The molecular formula is C22H23N5O. The number of piperidine rings is 1. The third kappa shape index (κ3) is 2.76. The van der Waals surface area contributed by atoms with E-state index in [0.717, 1.165) is 34.1 Å². The number of benzene rings is 1. The van der Waals surface area contributed by atoms with Crippen molar-refractivity contribution in [3.05, 3.63) is 54.5 Å². The molecule has 1 aromatic carbocycles. The Balaban J connectivity index is 1.26. The molecule has 0 amide bonds. The van der Waals surface area contributed by atoms with Gasteiger partial charge in [0.2, 0.25) is 0 Å². The van der Waals surface area contributed by atoms with Crippen LogP contribution in [0.2, 0.25) is 0 Å². The molecule has 2 bridgehead atoms. The number of nitrogens with zero attached hydrogens (tertiary/aromatic N) is 3. The maximum atomic E-state index is 6.04. The van der Waals surface area contributed by atoms with Gasteiger partial charge in [0.25, 0.3) is 0 Å². The van der Waals surface area contributed by atoms with E-state index in [0.29, 0.717) is 24.7 Å². The molecule has 0 aliphatic carbocycles. The maximum absolute atomic E-state index is 6.04. The van der Waals surface area contributed by atoms with Crippen LogP contribution in [0.5, 0.6) is 5.75 Å². The van der Waals surface area contributed by atoms with E-state index in [4.69, 9.17) is 9.72 Å². The molecule has 0 saturated carbocycles. The van der Waals surface area contributed by atoms with Gasteiger partial charge in [-0.25, -0.2) is 9.67 Å². The molecule has 3 aliphatic rings. The van der Waals surface area contributed by atoms with E-state index in [-0.39, 0.29) is 0 Å². The highest BCUT2D eigenvalue weighted by Crippen LogP contribution is 2.38. The Kier molecular flexibility index (Phi) is 3.65. The first kappa shape index (κ1) is 16.1. The van der Waals surface area contributed by atoms with E-state index in [1.165, 1.54) is 25.7 Å². The zero-order valence-electron chi connectivity index (χ0n) is 15.6. The lowest BCUT2D eigenvalue weighted by Crippen LogP contribution is -2.43. The second-order valence-electron chi connectivity index (χ2n) is 8.06. The number of hydrogen-bond donors (Lipinski definition) is 2. The second-order valence-corrected chi connectivity index (χ2v) is 8.06. The zero-order valence-corrected chi connectivity index (χ0v) is 15.6. The molecule has 6 rings (SSSR count). The highest BCUT2D eigenvalue weighted by Gasteiger charge is 2.33. The first-order valence-corrected chi connectivity index (χ1v) is 10.1. The van der Waals surface area contributed by atoms with Crippen LogP contribution in [-0.2, 0) is 6.61 Å². The molecule has 142 valence electrons. The summed E-state index contributed by atoms with van der Waals surface area (Å²) >= 11 is 0. The summed E-state index contributed by atoms with van der Waals surface area (Å²) in [7, 11) is 0. The Morgan fingerprint density at radius 2 is 1.93 bits per heavy atom. The largest absolute Gasteiger partial charge is 0.487 e. The van der Waals surface area contributed by atoms with Crippen LogP contribution in [0.3, 0.4) is 0 Å². The average Bonchev–Trinajstić information content (AvgIpc) is 3.37. The summed E-state index contributed by atoms with van der Waals surface area (Å²) in [6.45, 7) is 0.498. The lowest BCUT2D eigenvalue weighted by atomic mass is 9.99. The van der Waals surface area contributed by atoms with Crippen molar-refractivity contribution in [3.63, 3.8) is 0 Å². The van der Waals surface area contributed by atoms with Crippen LogP contribution in [0.1, 0.15) is 31.4 Å². The van der Waals surface area contributed by atoms with Crippen molar-refractivity contribution in [1.29, 1.82) is 0 Å². The summed E-state index contributed by atoms with van der Waals surface area (Å²) in [6, 6.07) is 14.3. The second kappa shape index (κ2) is 6.34. The molecule has 3 aliphatic heterocycles. The van der Waals surface area contributed by atoms with Crippen molar-refractivity contribution in [2.24, 2.45) is 0 Å². The van der Waals surface area contributed by atoms with Gasteiger partial charge in [0, 0.05) is 47.7 Å². The molecule has 3 atom stereocenters. The molecule has 2 N–H and O–H groups in total. The summed E-state index contributed by atoms with van der Waals surface area (Å²) in [5.74, 6) is 1.85. The van der Waals surface area contributed by atoms with Crippen LogP contribution in [0.15, 0.2) is 48.8 Å². The summed E-state index contributed by atoms with van der Waals surface area (Å²) in [5, 5.41) is 11.7. The minimum absolute atomic E-state index is 0.498. The van der Waals surface area contributed by atoms with Crippen LogP contribution in [0, 0.1) is 0 Å². The van der Waals surface area contributed by atoms with Gasteiger partial charge >= 0.3 is 0 Å². The Morgan fingerprint density at radius 1 is 1.07 bits per heavy atom. The molecule has 2 fully saturated rings. The first-order chi connectivity index (χ1) is 13.8. The zero-order chi connectivity index (χ0) is 18.5. The molecule has 3 aromatic rings. The van der Waals surface area contributed by atoms with Gasteiger partial charge in [-0.3, -0.25) is 0 Å². The van der Waals surface area contributed by atoms with Crippen LogP contribution in [-0.4, -0.2) is 32.9 Å². The van der Waals surface area contributed by atoms with E-state index in [1.54, 1.807) is 6.20 Å². The molecule has 2 saturated heterocycles. The molecule has 2 aromatic heterocycles. The van der Waals surface area contributed by atoms with E-state index in [9.17, 15) is 0 Å². The van der Waals surface area contributed by atoms with E-state index < -0.39 is 0 Å². The predicted molar refractivity (Wildman–Crippen MR) is 108 cm³/mol. The quantitative estimate of drug-likeness (QED) is 0.735. The van der Waals surface area contributed by atoms with Gasteiger partial charge in [0.05, 0.1) is 11.4 Å². The Hall–Kier alpha value is -2.86.